The maximum atomic E-state index is 12.8. The molecule has 2 rings (SSSR count). The van der Waals surface area contributed by atoms with Gasteiger partial charge in [-0.2, -0.15) is 13.2 Å². The molecule has 138 valence electrons. The van der Waals surface area contributed by atoms with E-state index in [1.807, 2.05) is 0 Å². The Morgan fingerprint density at radius 1 is 1.12 bits per heavy atom. The number of anilines is 2. The van der Waals surface area contributed by atoms with Crippen LogP contribution in [0.3, 0.4) is 0 Å². The molecule has 2 amide bonds. The molecule has 0 saturated carbocycles. The van der Waals surface area contributed by atoms with Crippen LogP contribution in [0.4, 0.5) is 24.5 Å². The molecule has 26 heavy (non-hydrogen) atoms. The van der Waals surface area contributed by atoms with Crippen molar-refractivity contribution in [2.75, 3.05) is 24.2 Å². The maximum Gasteiger partial charge on any atom is 0.417 e. The molecule has 2 aromatic carbocycles. The standard InChI is InChI=1S/C17H15ClF3N3O2/c1-22-16(26)11-4-2-3-5-14(11)23-9-15(25)24-10-6-7-13(18)12(8-10)17(19,20)21/h2-8,23H,9H2,1H3,(H,22,26)(H,24,25). The van der Waals surface area contributed by atoms with Gasteiger partial charge < -0.3 is 16.0 Å². The summed E-state index contributed by atoms with van der Waals surface area (Å²) in [6.45, 7) is -0.238. The summed E-state index contributed by atoms with van der Waals surface area (Å²) in [5, 5.41) is 7.16. The number of carbonyl (C=O) groups is 2. The fourth-order valence-electron chi connectivity index (χ4n) is 2.17. The Balaban J connectivity index is 2.06. The molecule has 0 unspecified atom stereocenters. The van der Waals surface area contributed by atoms with Gasteiger partial charge >= 0.3 is 6.18 Å². The van der Waals surface area contributed by atoms with E-state index in [4.69, 9.17) is 11.6 Å². The van der Waals surface area contributed by atoms with Crippen LogP contribution in [0, 0.1) is 0 Å². The third kappa shape index (κ3) is 4.89. The summed E-state index contributed by atoms with van der Waals surface area (Å²) in [6.07, 6.45) is -4.62. The van der Waals surface area contributed by atoms with Crippen LogP contribution in [-0.4, -0.2) is 25.4 Å². The van der Waals surface area contributed by atoms with Crippen LogP contribution in [0.25, 0.3) is 0 Å². The molecule has 0 atom stereocenters. The lowest BCUT2D eigenvalue weighted by Crippen LogP contribution is -2.24. The topological polar surface area (TPSA) is 70.2 Å². The lowest BCUT2D eigenvalue weighted by atomic mass is 10.1. The Hall–Kier alpha value is -2.74. The zero-order valence-electron chi connectivity index (χ0n) is 13.6. The average Bonchev–Trinajstić information content (AvgIpc) is 2.60. The van der Waals surface area contributed by atoms with E-state index < -0.39 is 22.7 Å². The first-order valence-corrected chi connectivity index (χ1v) is 7.81. The largest absolute Gasteiger partial charge is 0.417 e. The number of amides is 2. The Morgan fingerprint density at radius 3 is 2.46 bits per heavy atom. The van der Waals surface area contributed by atoms with Crippen LogP contribution in [0.5, 0.6) is 0 Å². The first-order chi connectivity index (χ1) is 12.2. The minimum atomic E-state index is -4.62. The van der Waals surface area contributed by atoms with Crippen LogP contribution in [-0.2, 0) is 11.0 Å². The van der Waals surface area contributed by atoms with E-state index >= 15 is 0 Å². The summed E-state index contributed by atoms with van der Waals surface area (Å²) in [7, 11) is 1.48. The van der Waals surface area contributed by atoms with Gasteiger partial charge in [0.15, 0.2) is 0 Å². The van der Waals surface area contributed by atoms with Gasteiger partial charge in [0.2, 0.25) is 5.91 Å². The van der Waals surface area contributed by atoms with Crippen molar-refractivity contribution in [1.82, 2.24) is 5.32 Å². The van der Waals surface area contributed by atoms with E-state index in [-0.39, 0.29) is 18.1 Å². The molecule has 0 spiro atoms. The Kier molecular flexibility index (Phi) is 6.10. The van der Waals surface area contributed by atoms with Crippen LogP contribution in [0.1, 0.15) is 15.9 Å². The van der Waals surface area contributed by atoms with Gasteiger partial charge in [-0.1, -0.05) is 23.7 Å². The number of para-hydroxylation sites is 1. The molecule has 0 radical (unpaired) electrons. The summed E-state index contributed by atoms with van der Waals surface area (Å²) < 4.78 is 38.5. The van der Waals surface area contributed by atoms with Crippen molar-refractivity contribution >= 4 is 34.8 Å². The lowest BCUT2D eigenvalue weighted by Gasteiger charge is -2.13. The zero-order chi connectivity index (χ0) is 19.3. The molecule has 0 aromatic heterocycles. The van der Waals surface area contributed by atoms with Crippen molar-refractivity contribution in [3.63, 3.8) is 0 Å². The van der Waals surface area contributed by atoms with Crippen molar-refractivity contribution in [3.05, 3.63) is 58.6 Å². The highest BCUT2D eigenvalue weighted by Crippen LogP contribution is 2.36. The number of rotatable bonds is 5. The molecule has 0 saturated heterocycles. The maximum absolute atomic E-state index is 12.8. The number of alkyl halides is 3. The average molecular weight is 386 g/mol. The minimum Gasteiger partial charge on any atom is -0.376 e. The molecule has 9 heteroatoms. The Labute approximate surface area is 152 Å². The molecule has 3 N–H and O–H groups in total. The van der Waals surface area contributed by atoms with Gasteiger partial charge in [0.25, 0.3) is 5.91 Å². The van der Waals surface area contributed by atoms with Crippen molar-refractivity contribution < 1.29 is 22.8 Å². The van der Waals surface area contributed by atoms with E-state index in [1.54, 1.807) is 24.3 Å². The van der Waals surface area contributed by atoms with Crippen molar-refractivity contribution in [2.45, 2.75) is 6.18 Å². The van der Waals surface area contributed by atoms with E-state index in [9.17, 15) is 22.8 Å². The zero-order valence-corrected chi connectivity index (χ0v) is 14.3. The molecule has 0 aliphatic carbocycles. The fourth-order valence-corrected chi connectivity index (χ4v) is 2.40. The first-order valence-electron chi connectivity index (χ1n) is 7.44. The second-order valence-corrected chi connectivity index (χ2v) is 5.63. The Bertz CT molecular complexity index is 825. The summed E-state index contributed by atoms with van der Waals surface area (Å²) in [4.78, 5) is 23.8. The highest BCUT2D eigenvalue weighted by atomic mass is 35.5. The number of hydrogen-bond acceptors (Lipinski definition) is 3. The van der Waals surface area contributed by atoms with Crippen LogP contribution in [0.2, 0.25) is 5.02 Å². The van der Waals surface area contributed by atoms with Gasteiger partial charge in [-0.3, -0.25) is 9.59 Å². The minimum absolute atomic E-state index is 0.0342. The van der Waals surface area contributed by atoms with Gasteiger partial charge in [0, 0.05) is 18.4 Å². The van der Waals surface area contributed by atoms with Crippen molar-refractivity contribution in [1.29, 1.82) is 0 Å². The first kappa shape index (κ1) is 19.6. The van der Waals surface area contributed by atoms with Gasteiger partial charge in [-0.25, -0.2) is 0 Å². The summed E-state index contributed by atoms with van der Waals surface area (Å²) in [5.41, 5.74) is -0.300. The second kappa shape index (κ2) is 8.09. The third-order valence-electron chi connectivity index (χ3n) is 3.39. The normalized spacial score (nSPS) is 11.0. The van der Waals surface area contributed by atoms with Crippen molar-refractivity contribution in [3.8, 4) is 0 Å². The molecule has 2 aromatic rings. The highest BCUT2D eigenvalue weighted by molar-refractivity contribution is 6.31. The van der Waals surface area contributed by atoms with Gasteiger partial charge in [-0.15, -0.1) is 0 Å². The Morgan fingerprint density at radius 2 is 1.81 bits per heavy atom. The van der Waals surface area contributed by atoms with Crippen LogP contribution in [0.15, 0.2) is 42.5 Å². The lowest BCUT2D eigenvalue weighted by molar-refractivity contribution is -0.137. The van der Waals surface area contributed by atoms with Crippen LogP contribution >= 0.6 is 11.6 Å². The molecule has 0 bridgehead atoms. The van der Waals surface area contributed by atoms with Gasteiger partial charge in [0.05, 0.1) is 22.7 Å². The molecule has 0 aliphatic rings. The summed E-state index contributed by atoms with van der Waals surface area (Å²) in [5.74, 6) is -0.909. The quantitative estimate of drug-likeness (QED) is 0.733. The predicted octanol–water partition coefficient (Wildman–Crippen LogP) is 3.77. The summed E-state index contributed by atoms with van der Waals surface area (Å²) in [6, 6.07) is 9.64. The SMILES string of the molecule is CNC(=O)c1ccccc1NCC(=O)Nc1ccc(Cl)c(C(F)(F)F)c1. The van der Waals surface area contributed by atoms with E-state index in [1.165, 1.54) is 13.1 Å². The van der Waals surface area contributed by atoms with Gasteiger partial charge in [-0.05, 0) is 30.3 Å². The molecule has 0 aliphatic heterocycles. The monoisotopic (exact) mass is 385 g/mol. The number of benzene rings is 2. The van der Waals surface area contributed by atoms with Gasteiger partial charge in [0.1, 0.15) is 0 Å². The predicted molar refractivity (Wildman–Crippen MR) is 93.4 cm³/mol. The second-order valence-electron chi connectivity index (χ2n) is 5.22. The number of nitrogens with one attached hydrogen (secondary N) is 3. The molecule has 0 fully saturated rings. The van der Waals surface area contributed by atoms with Crippen LogP contribution < -0.4 is 16.0 Å². The van der Waals surface area contributed by atoms with Crippen molar-refractivity contribution in [2.24, 2.45) is 0 Å². The number of carbonyl (C=O) groups excluding carboxylic acids is 2. The number of halogens is 4. The molecular formula is C17H15ClF3N3O2. The van der Waals surface area contributed by atoms with E-state index in [0.717, 1.165) is 12.1 Å². The third-order valence-corrected chi connectivity index (χ3v) is 3.72. The molecular weight excluding hydrogens is 371 g/mol. The smallest absolute Gasteiger partial charge is 0.376 e. The highest BCUT2D eigenvalue weighted by Gasteiger charge is 2.33. The van der Waals surface area contributed by atoms with E-state index in [0.29, 0.717) is 11.3 Å². The molecule has 5 nitrogen and oxygen atoms in total. The van der Waals surface area contributed by atoms with E-state index in [2.05, 4.69) is 16.0 Å². The fraction of sp³-hybridized carbons (Fsp3) is 0.176. The molecule has 0 heterocycles. The summed E-state index contributed by atoms with van der Waals surface area (Å²) >= 11 is 5.54. The number of hydrogen-bond donors (Lipinski definition) is 3.